The fraction of sp³-hybridized carbons (Fsp3) is 0.133. The second kappa shape index (κ2) is 5.96. The Labute approximate surface area is 126 Å². The highest BCUT2D eigenvalue weighted by molar-refractivity contribution is 9.10. The molecule has 5 heteroatoms. The van der Waals surface area contributed by atoms with Gasteiger partial charge in [0.2, 0.25) is 0 Å². The second-order valence-electron chi connectivity index (χ2n) is 4.55. The fourth-order valence-electron chi connectivity index (χ4n) is 1.70. The predicted molar refractivity (Wildman–Crippen MR) is 86.0 cm³/mol. The molecule has 0 atom stereocenters. The number of nitrogens with two attached hydrogens (primary N) is 1. The van der Waals surface area contributed by atoms with Crippen LogP contribution in [0.15, 0.2) is 46.9 Å². The molecule has 0 spiro atoms. The van der Waals surface area contributed by atoms with Crippen LogP contribution in [-0.4, -0.2) is 19.9 Å². The Hall–Kier alpha value is -2.01. The Bertz CT molecular complexity index is 641. The Morgan fingerprint density at radius 1 is 1.20 bits per heavy atom. The highest BCUT2D eigenvalue weighted by Crippen LogP contribution is 2.31. The lowest BCUT2D eigenvalue weighted by Crippen LogP contribution is -2.10. The van der Waals surface area contributed by atoms with Gasteiger partial charge < -0.3 is 15.4 Å². The van der Waals surface area contributed by atoms with Gasteiger partial charge in [0, 0.05) is 31.4 Å². The number of nitrogen functional groups attached to an aromatic ring is 1. The Morgan fingerprint density at radius 2 is 1.95 bits per heavy atom. The molecule has 0 heterocycles. The van der Waals surface area contributed by atoms with Gasteiger partial charge in [-0.05, 0) is 46.3 Å². The van der Waals surface area contributed by atoms with Crippen LogP contribution < -0.4 is 15.4 Å². The zero-order valence-electron chi connectivity index (χ0n) is 11.4. The predicted octanol–water partition coefficient (Wildman–Crippen LogP) is 3.59. The Morgan fingerprint density at radius 3 is 2.55 bits per heavy atom. The first kappa shape index (κ1) is 14.4. The number of hydrogen-bond acceptors (Lipinski definition) is 3. The second-order valence-corrected chi connectivity index (χ2v) is 5.41. The van der Waals surface area contributed by atoms with Crippen molar-refractivity contribution in [3.05, 3.63) is 52.5 Å². The van der Waals surface area contributed by atoms with Gasteiger partial charge in [0.05, 0.1) is 4.47 Å². The third-order valence-corrected chi connectivity index (χ3v) is 3.42. The van der Waals surface area contributed by atoms with Crippen molar-refractivity contribution in [2.75, 3.05) is 19.0 Å². The van der Waals surface area contributed by atoms with Crippen molar-refractivity contribution in [1.29, 1.82) is 5.41 Å². The molecule has 0 saturated heterocycles. The third kappa shape index (κ3) is 3.30. The van der Waals surface area contributed by atoms with Gasteiger partial charge in [-0.15, -0.1) is 0 Å². The van der Waals surface area contributed by atoms with Gasteiger partial charge in [0.1, 0.15) is 17.3 Å². The molecule has 2 rings (SSSR count). The molecule has 0 amide bonds. The van der Waals surface area contributed by atoms with Gasteiger partial charge in [-0.25, -0.2) is 0 Å². The zero-order valence-corrected chi connectivity index (χ0v) is 12.9. The van der Waals surface area contributed by atoms with E-state index in [-0.39, 0.29) is 5.84 Å². The summed E-state index contributed by atoms with van der Waals surface area (Å²) in [5.41, 5.74) is 7.18. The number of halogens is 1. The minimum atomic E-state index is 0.0341. The standard InChI is InChI=1S/C15H16BrN3O/c1-19(2)11-4-3-5-12(9-11)20-14-7-6-10(15(17)18)8-13(14)16/h3-9H,1-2H3,(H3,17,18). The monoisotopic (exact) mass is 333 g/mol. The SMILES string of the molecule is CN(C)c1cccc(Oc2ccc(C(=N)N)cc2Br)c1. The average molecular weight is 334 g/mol. The molecule has 3 N–H and O–H groups in total. The summed E-state index contributed by atoms with van der Waals surface area (Å²) in [4.78, 5) is 2.01. The van der Waals surface area contributed by atoms with Crippen LogP contribution in [0.25, 0.3) is 0 Å². The summed E-state index contributed by atoms with van der Waals surface area (Å²) in [7, 11) is 3.97. The minimum Gasteiger partial charge on any atom is -0.456 e. The molecule has 0 saturated carbocycles. The van der Waals surface area contributed by atoms with Crippen LogP contribution in [0.5, 0.6) is 11.5 Å². The van der Waals surface area contributed by atoms with Gasteiger partial charge >= 0.3 is 0 Å². The van der Waals surface area contributed by atoms with Crippen LogP contribution in [-0.2, 0) is 0 Å². The number of ether oxygens (including phenoxy) is 1. The van der Waals surface area contributed by atoms with Gasteiger partial charge in [0.25, 0.3) is 0 Å². The van der Waals surface area contributed by atoms with Gasteiger partial charge in [-0.1, -0.05) is 6.07 Å². The summed E-state index contributed by atoms with van der Waals surface area (Å²) in [6, 6.07) is 13.2. The summed E-state index contributed by atoms with van der Waals surface area (Å²) in [5.74, 6) is 1.48. The third-order valence-electron chi connectivity index (χ3n) is 2.80. The highest BCUT2D eigenvalue weighted by Gasteiger charge is 2.06. The van der Waals surface area contributed by atoms with Crippen molar-refractivity contribution in [3.8, 4) is 11.5 Å². The first-order valence-corrected chi connectivity index (χ1v) is 6.86. The number of rotatable bonds is 4. The summed E-state index contributed by atoms with van der Waals surface area (Å²) in [6.45, 7) is 0. The fourth-order valence-corrected chi connectivity index (χ4v) is 2.16. The van der Waals surface area contributed by atoms with E-state index < -0.39 is 0 Å². The molecule has 0 unspecified atom stereocenters. The van der Waals surface area contributed by atoms with Crippen LogP contribution in [0.3, 0.4) is 0 Å². The molecule has 0 fully saturated rings. The Kier molecular flexibility index (Phi) is 4.29. The van der Waals surface area contributed by atoms with E-state index in [0.717, 1.165) is 15.9 Å². The lowest BCUT2D eigenvalue weighted by Gasteiger charge is -2.14. The number of amidine groups is 1. The lowest BCUT2D eigenvalue weighted by molar-refractivity contribution is 0.479. The molecule has 0 radical (unpaired) electrons. The van der Waals surface area contributed by atoms with Crippen LogP contribution in [0, 0.1) is 5.41 Å². The van der Waals surface area contributed by atoms with Crippen molar-refractivity contribution in [2.45, 2.75) is 0 Å². The topological polar surface area (TPSA) is 62.3 Å². The van der Waals surface area contributed by atoms with E-state index in [0.29, 0.717) is 11.3 Å². The van der Waals surface area contributed by atoms with Gasteiger partial charge in [0.15, 0.2) is 0 Å². The van der Waals surface area contributed by atoms with Gasteiger partial charge in [-0.2, -0.15) is 0 Å². The molecule has 4 nitrogen and oxygen atoms in total. The first-order valence-electron chi connectivity index (χ1n) is 6.06. The molecule has 0 bridgehead atoms. The van der Waals surface area contributed by atoms with Crippen molar-refractivity contribution >= 4 is 27.5 Å². The molecular formula is C15H16BrN3O. The normalized spacial score (nSPS) is 10.2. The molecule has 2 aromatic carbocycles. The molecule has 0 aliphatic carbocycles. The van der Waals surface area contributed by atoms with E-state index >= 15 is 0 Å². The van der Waals surface area contributed by atoms with E-state index in [1.807, 2.05) is 43.3 Å². The summed E-state index contributed by atoms with van der Waals surface area (Å²) >= 11 is 3.43. The summed E-state index contributed by atoms with van der Waals surface area (Å²) in [5, 5.41) is 7.41. The summed E-state index contributed by atoms with van der Waals surface area (Å²) < 4.78 is 6.61. The number of anilines is 1. The average Bonchev–Trinajstić information content (AvgIpc) is 2.41. The molecule has 104 valence electrons. The maximum atomic E-state index is 7.41. The smallest absolute Gasteiger partial charge is 0.141 e. The van der Waals surface area contributed by atoms with Crippen molar-refractivity contribution in [2.24, 2.45) is 5.73 Å². The van der Waals surface area contributed by atoms with Crippen molar-refractivity contribution in [3.63, 3.8) is 0 Å². The zero-order chi connectivity index (χ0) is 14.7. The number of hydrogen-bond donors (Lipinski definition) is 2. The maximum Gasteiger partial charge on any atom is 0.141 e. The van der Waals surface area contributed by atoms with Crippen LogP contribution in [0.4, 0.5) is 5.69 Å². The van der Waals surface area contributed by atoms with Crippen molar-refractivity contribution < 1.29 is 4.74 Å². The van der Waals surface area contributed by atoms with Crippen LogP contribution >= 0.6 is 15.9 Å². The Balaban J connectivity index is 2.26. The molecule has 0 aromatic heterocycles. The molecule has 2 aromatic rings. The van der Waals surface area contributed by atoms with E-state index in [4.69, 9.17) is 15.9 Å². The number of nitrogens with zero attached hydrogens (tertiary/aromatic N) is 1. The van der Waals surface area contributed by atoms with Crippen LogP contribution in [0.2, 0.25) is 0 Å². The van der Waals surface area contributed by atoms with E-state index in [1.165, 1.54) is 0 Å². The maximum absolute atomic E-state index is 7.41. The minimum absolute atomic E-state index is 0.0341. The largest absolute Gasteiger partial charge is 0.456 e. The molecular weight excluding hydrogens is 318 g/mol. The van der Waals surface area contributed by atoms with Crippen molar-refractivity contribution in [1.82, 2.24) is 0 Å². The van der Waals surface area contributed by atoms with Gasteiger partial charge in [-0.3, -0.25) is 5.41 Å². The lowest BCUT2D eigenvalue weighted by atomic mass is 10.2. The highest BCUT2D eigenvalue weighted by atomic mass is 79.9. The quantitative estimate of drug-likeness (QED) is 0.663. The molecule has 20 heavy (non-hydrogen) atoms. The molecule has 0 aliphatic heterocycles. The summed E-state index contributed by atoms with van der Waals surface area (Å²) in [6.07, 6.45) is 0. The van der Waals surface area contributed by atoms with E-state index in [1.54, 1.807) is 18.2 Å². The first-order chi connectivity index (χ1) is 9.47. The van der Waals surface area contributed by atoms with E-state index in [2.05, 4.69) is 15.9 Å². The van der Waals surface area contributed by atoms with E-state index in [9.17, 15) is 0 Å². The van der Waals surface area contributed by atoms with Crippen LogP contribution in [0.1, 0.15) is 5.56 Å². The number of nitrogens with one attached hydrogen (secondary N) is 1. The number of benzene rings is 2. The molecule has 0 aliphatic rings.